The van der Waals surface area contributed by atoms with Crippen LogP contribution in [0.3, 0.4) is 0 Å². The van der Waals surface area contributed by atoms with E-state index in [0.29, 0.717) is 17.5 Å². The highest BCUT2D eigenvalue weighted by Gasteiger charge is 2.16. The summed E-state index contributed by atoms with van der Waals surface area (Å²) in [4.78, 5) is 12.1. The molecule has 0 aliphatic rings. The molecule has 0 aliphatic heterocycles. The summed E-state index contributed by atoms with van der Waals surface area (Å²) >= 11 is 1.41. The van der Waals surface area contributed by atoms with Crippen LogP contribution in [0.5, 0.6) is 5.75 Å². The van der Waals surface area contributed by atoms with Gasteiger partial charge in [0, 0.05) is 18.7 Å². The second-order valence-corrected chi connectivity index (χ2v) is 7.85. The van der Waals surface area contributed by atoms with E-state index in [1.165, 1.54) is 17.3 Å². The summed E-state index contributed by atoms with van der Waals surface area (Å²) in [6.07, 6.45) is 3.68. The first-order valence-corrected chi connectivity index (χ1v) is 11.2. The molecule has 0 aliphatic carbocycles. The van der Waals surface area contributed by atoms with Crippen LogP contribution in [0, 0.1) is 0 Å². The molecule has 0 bridgehead atoms. The van der Waals surface area contributed by atoms with Crippen molar-refractivity contribution < 1.29 is 9.53 Å². The Morgan fingerprint density at radius 3 is 2.53 bits per heavy atom. The number of carbonyl (C=O) groups is 1. The van der Waals surface area contributed by atoms with E-state index in [4.69, 9.17) is 4.74 Å². The van der Waals surface area contributed by atoms with Crippen molar-refractivity contribution in [2.24, 2.45) is 0 Å². The van der Waals surface area contributed by atoms with Crippen molar-refractivity contribution >= 4 is 17.7 Å². The second-order valence-electron chi connectivity index (χ2n) is 6.91. The summed E-state index contributed by atoms with van der Waals surface area (Å²) in [5, 5.41) is 12.5. The zero-order valence-electron chi connectivity index (χ0n) is 17.5. The van der Waals surface area contributed by atoms with Crippen LogP contribution < -0.4 is 10.1 Å². The van der Waals surface area contributed by atoms with Gasteiger partial charge in [-0.3, -0.25) is 9.36 Å². The molecule has 2 aromatic carbocycles. The highest BCUT2D eigenvalue weighted by atomic mass is 32.2. The van der Waals surface area contributed by atoms with Gasteiger partial charge in [-0.1, -0.05) is 55.4 Å². The van der Waals surface area contributed by atoms with Gasteiger partial charge in [-0.2, -0.15) is 0 Å². The first kappa shape index (κ1) is 21.9. The van der Waals surface area contributed by atoms with Crippen LogP contribution >= 0.6 is 11.8 Å². The molecule has 0 spiro atoms. The van der Waals surface area contributed by atoms with Gasteiger partial charge >= 0.3 is 0 Å². The summed E-state index contributed by atoms with van der Waals surface area (Å²) in [7, 11) is 1.65. The number of amides is 1. The Morgan fingerprint density at radius 2 is 1.83 bits per heavy atom. The fourth-order valence-corrected chi connectivity index (χ4v) is 3.83. The molecule has 1 heterocycles. The minimum absolute atomic E-state index is 0.0172. The molecule has 7 heteroatoms. The maximum absolute atomic E-state index is 12.1. The average molecular weight is 425 g/mol. The third-order valence-electron chi connectivity index (χ3n) is 4.70. The Bertz CT molecular complexity index is 926. The molecule has 158 valence electrons. The number of benzene rings is 2. The zero-order chi connectivity index (χ0) is 21.2. The van der Waals surface area contributed by atoms with Gasteiger partial charge in [-0.15, -0.1) is 10.2 Å². The SMILES string of the molecule is CCCCNC(=O)CSc1nnc(CCc2ccccc2)n1-c1ccc(OC)cc1. The number of nitrogens with zero attached hydrogens (tertiary/aromatic N) is 3. The topological polar surface area (TPSA) is 69.0 Å². The Morgan fingerprint density at radius 1 is 1.07 bits per heavy atom. The monoisotopic (exact) mass is 424 g/mol. The highest BCUT2D eigenvalue weighted by Crippen LogP contribution is 2.24. The van der Waals surface area contributed by atoms with Crippen molar-refractivity contribution in [1.82, 2.24) is 20.1 Å². The van der Waals surface area contributed by atoms with Crippen molar-refractivity contribution in [3.05, 3.63) is 66.0 Å². The predicted molar refractivity (Wildman–Crippen MR) is 120 cm³/mol. The smallest absolute Gasteiger partial charge is 0.230 e. The molecule has 30 heavy (non-hydrogen) atoms. The van der Waals surface area contributed by atoms with Crippen LogP contribution in [-0.4, -0.2) is 40.1 Å². The summed E-state index contributed by atoms with van der Waals surface area (Å²) in [5.74, 6) is 2.00. The molecule has 0 atom stereocenters. The van der Waals surface area contributed by atoms with Crippen molar-refractivity contribution in [1.29, 1.82) is 0 Å². The van der Waals surface area contributed by atoms with Gasteiger partial charge in [0.1, 0.15) is 11.6 Å². The van der Waals surface area contributed by atoms with E-state index in [-0.39, 0.29) is 5.91 Å². The quantitative estimate of drug-likeness (QED) is 0.371. The van der Waals surface area contributed by atoms with E-state index in [2.05, 4.69) is 34.6 Å². The van der Waals surface area contributed by atoms with Crippen LogP contribution in [0.4, 0.5) is 0 Å². The number of aryl methyl sites for hydroxylation is 2. The molecular formula is C23H28N4O2S. The average Bonchev–Trinajstić information content (AvgIpc) is 3.20. The van der Waals surface area contributed by atoms with Gasteiger partial charge in [-0.05, 0) is 42.7 Å². The van der Waals surface area contributed by atoms with E-state index in [9.17, 15) is 4.79 Å². The van der Waals surface area contributed by atoms with E-state index in [0.717, 1.165) is 42.9 Å². The maximum atomic E-state index is 12.1. The Balaban J connectivity index is 1.77. The lowest BCUT2D eigenvalue weighted by atomic mass is 10.1. The summed E-state index contributed by atoms with van der Waals surface area (Å²) in [6, 6.07) is 18.1. The number of hydrogen-bond acceptors (Lipinski definition) is 5. The van der Waals surface area contributed by atoms with E-state index >= 15 is 0 Å². The fraction of sp³-hybridized carbons (Fsp3) is 0.348. The van der Waals surface area contributed by atoms with Crippen LogP contribution in [0.25, 0.3) is 5.69 Å². The van der Waals surface area contributed by atoms with Crippen molar-refractivity contribution in [3.63, 3.8) is 0 Å². The molecule has 1 N–H and O–H groups in total. The van der Waals surface area contributed by atoms with E-state index in [1.807, 2.05) is 47.0 Å². The summed E-state index contributed by atoms with van der Waals surface area (Å²) in [6.45, 7) is 2.82. The molecule has 0 radical (unpaired) electrons. The minimum atomic E-state index is 0.0172. The third kappa shape index (κ3) is 6.10. The number of carbonyl (C=O) groups excluding carboxylic acids is 1. The lowest BCUT2D eigenvalue weighted by Gasteiger charge is -2.11. The normalized spacial score (nSPS) is 10.7. The number of unbranched alkanes of at least 4 members (excludes halogenated alkanes) is 1. The van der Waals surface area contributed by atoms with Gasteiger partial charge in [0.25, 0.3) is 0 Å². The molecule has 3 rings (SSSR count). The van der Waals surface area contributed by atoms with Crippen molar-refractivity contribution in [2.75, 3.05) is 19.4 Å². The molecule has 0 saturated heterocycles. The lowest BCUT2D eigenvalue weighted by Crippen LogP contribution is -2.26. The van der Waals surface area contributed by atoms with Gasteiger partial charge in [0.2, 0.25) is 5.91 Å². The summed E-state index contributed by atoms with van der Waals surface area (Å²) in [5.41, 5.74) is 2.21. The summed E-state index contributed by atoms with van der Waals surface area (Å²) < 4.78 is 7.31. The molecule has 0 saturated carbocycles. The number of aromatic nitrogens is 3. The predicted octanol–water partition coefficient (Wildman–Crippen LogP) is 4.07. The minimum Gasteiger partial charge on any atom is -0.497 e. The van der Waals surface area contributed by atoms with Crippen LogP contribution in [-0.2, 0) is 17.6 Å². The zero-order valence-corrected chi connectivity index (χ0v) is 18.3. The van der Waals surface area contributed by atoms with E-state index in [1.54, 1.807) is 7.11 Å². The first-order chi connectivity index (χ1) is 14.7. The van der Waals surface area contributed by atoms with Gasteiger partial charge in [0.05, 0.1) is 12.9 Å². The lowest BCUT2D eigenvalue weighted by molar-refractivity contribution is -0.118. The Labute approximate surface area is 182 Å². The molecule has 1 amide bonds. The Kier molecular flexibility index (Phi) is 8.32. The number of nitrogens with one attached hydrogen (secondary N) is 1. The van der Waals surface area contributed by atoms with Crippen LogP contribution in [0.2, 0.25) is 0 Å². The number of thioether (sulfide) groups is 1. The molecule has 0 unspecified atom stereocenters. The maximum Gasteiger partial charge on any atom is 0.230 e. The second kappa shape index (κ2) is 11.4. The molecule has 3 aromatic rings. The van der Waals surface area contributed by atoms with Crippen molar-refractivity contribution in [2.45, 2.75) is 37.8 Å². The largest absolute Gasteiger partial charge is 0.497 e. The third-order valence-corrected chi connectivity index (χ3v) is 5.62. The first-order valence-electron chi connectivity index (χ1n) is 10.2. The van der Waals surface area contributed by atoms with Crippen LogP contribution in [0.1, 0.15) is 31.2 Å². The van der Waals surface area contributed by atoms with Crippen LogP contribution in [0.15, 0.2) is 59.8 Å². The molecule has 0 fully saturated rings. The van der Waals surface area contributed by atoms with Gasteiger partial charge in [0.15, 0.2) is 5.16 Å². The van der Waals surface area contributed by atoms with Gasteiger partial charge in [-0.25, -0.2) is 0 Å². The van der Waals surface area contributed by atoms with E-state index < -0.39 is 0 Å². The highest BCUT2D eigenvalue weighted by molar-refractivity contribution is 7.99. The number of hydrogen-bond donors (Lipinski definition) is 1. The van der Waals surface area contributed by atoms with Gasteiger partial charge < -0.3 is 10.1 Å². The number of ether oxygens (including phenoxy) is 1. The number of methoxy groups -OCH3 is 1. The Hall–Kier alpha value is -2.80. The fourth-order valence-electron chi connectivity index (χ4n) is 3.03. The molecular weight excluding hydrogens is 396 g/mol. The molecule has 6 nitrogen and oxygen atoms in total. The number of rotatable bonds is 11. The standard InChI is InChI=1S/C23H28N4O2S/c1-3-4-16-24-22(28)17-30-23-26-25-21(15-10-18-8-6-5-7-9-18)27(23)19-11-13-20(29-2)14-12-19/h5-9,11-14H,3-4,10,15-17H2,1-2H3,(H,24,28). The molecule has 1 aromatic heterocycles. The van der Waals surface area contributed by atoms with Crippen molar-refractivity contribution in [3.8, 4) is 11.4 Å².